The van der Waals surface area contributed by atoms with Crippen molar-refractivity contribution in [3.63, 3.8) is 0 Å². The molecule has 0 aliphatic rings. The van der Waals surface area contributed by atoms with Gasteiger partial charge in [-0.3, -0.25) is 0 Å². The fourth-order valence-electron chi connectivity index (χ4n) is 3.00. The zero-order valence-electron chi connectivity index (χ0n) is 13.6. The van der Waals surface area contributed by atoms with E-state index in [9.17, 15) is 0 Å². The van der Waals surface area contributed by atoms with Crippen LogP contribution in [-0.4, -0.2) is 27.2 Å². The third-order valence-corrected chi connectivity index (χ3v) is 23.2. The first-order chi connectivity index (χ1) is 9.86. The molecule has 0 aliphatic heterocycles. The van der Waals surface area contributed by atoms with Crippen molar-refractivity contribution in [3.05, 3.63) is 71.8 Å². The van der Waals surface area contributed by atoms with Gasteiger partial charge in [0.15, 0.2) is 0 Å². The number of hydrogen-bond donors (Lipinski definition) is 0. The Morgan fingerprint density at radius 2 is 0.952 bits per heavy atom. The Balaban J connectivity index is 2.01. The van der Waals surface area contributed by atoms with Gasteiger partial charge in [-0.15, -0.1) is 0 Å². The average Bonchev–Trinajstić information content (AvgIpc) is 2.38. The third-order valence-electron chi connectivity index (χ3n) is 3.50. The van der Waals surface area contributed by atoms with E-state index in [-0.39, 0.29) is 0 Å². The fourth-order valence-corrected chi connectivity index (χ4v) is 29.4. The molecule has 0 bridgehead atoms. The monoisotopic (exact) mass is 406 g/mol. The molecule has 0 spiro atoms. The first-order valence-corrected chi connectivity index (χ1v) is 20.7. The molecule has 1 nitrogen and oxygen atoms in total. The van der Waals surface area contributed by atoms with E-state index in [1.807, 2.05) is 0 Å². The average molecular weight is 404 g/mol. The van der Waals surface area contributed by atoms with E-state index >= 15 is 0 Å². The molecule has 0 radical (unpaired) electrons. The van der Waals surface area contributed by atoms with E-state index in [1.165, 1.54) is 11.1 Å². The molecular formula is C18H26Ge2O. The molecule has 0 unspecified atom stereocenters. The molecule has 0 heterocycles. The third kappa shape index (κ3) is 6.01. The minimum absolute atomic E-state index is 1.16. The van der Waals surface area contributed by atoms with E-state index in [0.717, 1.165) is 10.5 Å². The van der Waals surface area contributed by atoms with Crippen LogP contribution in [0.4, 0.5) is 0 Å². The molecule has 0 amide bonds. The molecule has 0 aromatic heterocycles. The summed E-state index contributed by atoms with van der Waals surface area (Å²) in [6.07, 6.45) is 0. The second kappa shape index (κ2) is 7.16. The van der Waals surface area contributed by atoms with Crippen LogP contribution in [0.5, 0.6) is 0 Å². The summed E-state index contributed by atoms with van der Waals surface area (Å²) in [5.74, 6) is 9.63. The van der Waals surface area contributed by atoms with Gasteiger partial charge in [0.1, 0.15) is 0 Å². The van der Waals surface area contributed by atoms with Crippen LogP contribution in [0, 0.1) is 0 Å². The van der Waals surface area contributed by atoms with E-state index in [2.05, 4.69) is 83.7 Å². The first-order valence-electron chi connectivity index (χ1n) is 7.64. The van der Waals surface area contributed by atoms with Gasteiger partial charge in [0, 0.05) is 0 Å². The summed E-state index contributed by atoms with van der Waals surface area (Å²) >= 11 is -4.39. The Morgan fingerprint density at radius 1 is 0.619 bits per heavy atom. The van der Waals surface area contributed by atoms with Gasteiger partial charge in [-0.2, -0.15) is 0 Å². The SMILES string of the molecule is [CH3][Ge]([CH3])([CH2]c1ccccc1)[O][Ge]([CH3])([CH3])[CH2]c1ccccc1. The number of benzene rings is 2. The standard InChI is InChI=1S/C18H26Ge2O/c1-19(2,15-17-11-7-5-8-12-17)21-20(3,4)16-18-13-9-6-10-14-18/h5-14H,15-16H2,1-4H3. The summed E-state index contributed by atoms with van der Waals surface area (Å²) < 4.78 is 6.81. The van der Waals surface area contributed by atoms with Gasteiger partial charge < -0.3 is 0 Å². The van der Waals surface area contributed by atoms with E-state index in [1.54, 1.807) is 0 Å². The van der Waals surface area contributed by atoms with Crippen LogP contribution in [0.2, 0.25) is 23.0 Å². The van der Waals surface area contributed by atoms with E-state index in [0.29, 0.717) is 0 Å². The van der Waals surface area contributed by atoms with Gasteiger partial charge >= 0.3 is 135 Å². The molecule has 2 aromatic carbocycles. The van der Waals surface area contributed by atoms with Crippen LogP contribution in [-0.2, 0) is 13.3 Å². The van der Waals surface area contributed by atoms with Crippen molar-refractivity contribution < 1.29 is 2.79 Å². The van der Waals surface area contributed by atoms with Crippen LogP contribution < -0.4 is 0 Å². The van der Waals surface area contributed by atoms with Gasteiger partial charge in [-0.05, 0) is 0 Å². The van der Waals surface area contributed by atoms with Crippen molar-refractivity contribution in [1.82, 2.24) is 0 Å². The molecule has 21 heavy (non-hydrogen) atoms. The molecule has 0 saturated heterocycles. The Labute approximate surface area is 135 Å². The summed E-state index contributed by atoms with van der Waals surface area (Å²) in [7, 11) is 0. The normalized spacial score (nSPS) is 12.4. The molecule has 2 aromatic rings. The minimum atomic E-state index is -2.19. The molecular weight excluding hydrogens is 377 g/mol. The quantitative estimate of drug-likeness (QED) is 0.618. The first kappa shape index (κ1) is 16.8. The predicted octanol–water partition coefficient (Wildman–Crippen LogP) is 4.98. The molecule has 0 N–H and O–H groups in total. The van der Waals surface area contributed by atoms with Crippen LogP contribution in [0.1, 0.15) is 11.1 Å². The van der Waals surface area contributed by atoms with Gasteiger partial charge in [-0.25, -0.2) is 0 Å². The van der Waals surface area contributed by atoms with Crippen molar-refractivity contribution in [2.24, 2.45) is 0 Å². The molecule has 0 fully saturated rings. The van der Waals surface area contributed by atoms with Crippen LogP contribution >= 0.6 is 0 Å². The summed E-state index contributed by atoms with van der Waals surface area (Å²) in [5, 5.41) is 2.31. The van der Waals surface area contributed by atoms with Crippen molar-refractivity contribution in [1.29, 1.82) is 0 Å². The Hall–Kier alpha value is -0.514. The molecule has 0 aliphatic carbocycles. The van der Waals surface area contributed by atoms with Crippen molar-refractivity contribution in [2.75, 3.05) is 0 Å². The van der Waals surface area contributed by atoms with Gasteiger partial charge in [0.05, 0.1) is 0 Å². The molecule has 3 heteroatoms. The molecule has 2 rings (SSSR count). The Bertz CT molecular complexity index is 498. The maximum absolute atomic E-state index is 6.81. The zero-order valence-corrected chi connectivity index (χ0v) is 17.8. The molecule has 0 saturated carbocycles. The second-order valence-corrected chi connectivity index (χ2v) is 25.9. The van der Waals surface area contributed by atoms with Gasteiger partial charge in [0.25, 0.3) is 0 Å². The van der Waals surface area contributed by atoms with Crippen molar-refractivity contribution in [3.8, 4) is 0 Å². The number of rotatable bonds is 6. The van der Waals surface area contributed by atoms with Crippen LogP contribution in [0.25, 0.3) is 0 Å². The van der Waals surface area contributed by atoms with E-state index < -0.39 is 27.2 Å². The zero-order chi connectivity index (χ0) is 15.3. The summed E-state index contributed by atoms with van der Waals surface area (Å²) in [4.78, 5) is 0. The van der Waals surface area contributed by atoms with Crippen molar-refractivity contribution in [2.45, 2.75) is 33.5 Å². The summed E-state index contributed by atoms with van der Waals surface area (Å²) in [6, 6.07) is 21.6. The molecule has 0 atom stereocenters. The summed E-state index contributed by atoms with van der Waals surface area (Å²) in [5.41, 5.74) is 2.86. The van der Waals surface area contributed by atoms with Crippen LogP contribution in [0.3, 0.4) is 0 Å². The van der Waals surface area contributed by atoms with Gasteiger partial charge in [0.2, 0.25) is 0 Å². The summed E-state index contributed by atoms with van der Waals surface area (Å²) in [6.45, 7) is 0. The number of hydrogen-bond acceptors (Lipinski definition) is 1. The maximum atomic E-state index is 6.81. The topological polar surface area (TPSA) is 9.23 Å². The van der Waals surface area contributed by atoms with Crippen molar-refractivity contribution >= 4 is 27.2 Å². The predicted molar refractivity (Wildman–Crippen MR) is 96.3 cm³/mol. The Morgan fingerprint density at radius 3 is 1.29 bits per heavy atom. The second-order valence-electron chi connectivity index (χ2n) is 6.95. The molecule has 112 valence electrons. The van der Waals surface area contributed by atoms with Crippen LogP contribution in [0.15, 0.2) is 60.7 Å². The Kier molecular flexibility index (Phi) is 5.75. The van der Waals surface area contributed by atoms with E-state index in [4.69, 9.17) is 2.79 Å². The fraction of sp³-hybridized carbons (Fsp3) is 0.333. The van der Waals surface area contributed by atoms with Gasteiger partial charge in [-0.1, -0.05) is 0 Å².